The summed E-state index contributed by atoms with van der Waals surface area (Å²) in [5, 5.41) is 13.0. The molecule has 1 fully saturated rings. The second kappa shape index (κ2) is 6.95. The van der Waals surface area contributed by atoms with Crippen LogP contribution in [0.5, 0.6) is 0 Å². The van der Waals surface area contributed by atoms with Crippen LogP contribution in [0.25, 0.3) is 0 Å². The molecule has 0 aromatic heterocycles. The molecule has 1 aliphatic heterocycles. The number of hydrogen-bond acceptors (Lipinski definition) is 4. The van der Waals surface area contributed by atoms with Crippen molar-refractivity contribution in [3.05, 3.63) is 90.3 Å². The van der Waals surface area contributed by atoms with Crippen LogP contribution in [-0.4, -0.2) is 18.1 Å². The summed E-state index contributed by atoms with van der Waals surface area (Å²) < 4.78 is 0. The van der Waals surface area contributed by atoms with Crippen molar-refractivity contribution in [1.29, 1.82) is 0 Å². The first-order chi connectivity index (χ1) is 14.5. The molecule has 0 saturated heterocycles. The van der Waals surface area contributed by atoms with Gasteiger partial charge in [-0.25, -0.2) is 4.79 Å². The normalized spacial score (nSPS) is 15.3. The van der Waals surface area contributed by atoms with E-state index in [2.05, 4.69) is 28.9 Å². The summed E-state index contributed by atoms with van der Waals surface area (Å²) in [4.78, 5) is 16.0. The number of para-hydroxylation sites is 1. The van der Waals surface area contributed by atoms with Gasteiger partial charge >= 0.3 is 5.97 Å². The molecule has 30 heavy (non-hydrogen) atoms. The van der Waals surface area contributed by atoms with Crippen LogP contribution < -0.4 is 15.1 Å². The Kier molecular flexibility index (Phi) is 4.24. The van der Waals surface area contributed by atoms with E-state index in [1.807, 2.05) is 60.5 Å². The van der Waals surface area contributed by atoms with E-state index in [1.54, 1.807) is 6.07 Å². The molecule has 2 N–H and O–H groups in total. The van der Waals surface area contributed by atoms with Gasteiger partial charge in [0.05, 0.1) is 22.6 Å². The Balaban J connectivity index is 1.48. The van der Waals surface area contributed by atoms with Crippen LogP contribution in [0.1, 0.15) is 34.7 Å². The van der Waals surface area contributed by atoms with Crippen molar-refractivity contribution >= 4 is 34.4 Å². The molecular weight excluding hydrogens is 374 g/mol. The number of carboxylic acid groups (broad SMARTS) is 1. The maximum atomic E-state index is 11.8. The largest absolute Gasteiger partial charge is 0.478 e. The number of rotatable bonds is 5. The second-order valence-electron chi connectivity index (χ2n) is 7.86. The van der Waals surface area contributed by atoms with E-state index in [9.17, 15) is 9.90 Å². The van der Waals surface area contributed by atoms with Gasteiger partial charge in [-0.15, -0.1) is 0 Å². The van der Waals surface area contributed by atoms with Crippen molar-refractivity contribution in [2.75, 3.05) is 22.2 Å². The van der Waals surface area contributed by atoms with Gasteiger partial charge in [0.25, 0.3) is 0 Å². The number of anilines is 5. The lowest BCUT2D eigenvalue weighted by atomic mass is 10.0. The minimum absolute atomic E-state index is 0.309. The van der Waals surface area contributed by atoms with Gasteiger partial charge in [0.2, 0.25) is 0 Å². The van der Waals surface area contributed by atoms with Crippen molar-refractivity contribution in [3.63, 3.8) is 0 Å². The smallest absolute Gasteiger partial charge is 0.337 e. The Morgan fingerprint density at radius 2 is 1.80 bits per heavy atom. The van der Waals surface area contributed by atoms with Crippen LogP contribution in [0, 0.1) is 0 Å². The summed E-state index contributed by atoms with van der Waals surface area (Å²) >= 11 is 0. The first kappa shape index (κ1) is 18.3. The maximum Gasteiger partial charge on any atom is 0.337 e. The van der Waals surface area contributed by atoms with Crippen LogP contribution in [0.3, 0.4) is 0 Å². The van der Waals surface area contributed by atoms with Gasteiger partial charge in [0, 0.05) is 18.4 Å². The minimum atomic E-state index is -0.915. The average molecular weight is 397 g/mol. The van der Waals surface area contributed by atoms with E-state index in [-0.39, 0.29) is 0 Å². The average Bonchev–Trinajstić information content (AvgIpc) is 3.57. The molecule has 5 nitrogen and oxygen atoms in total. The van der Waals surface area contributed by atoms with Crippen molar-refractivity contribution in [2.24, 2.45) is 0 Å². The fraction of sp³-hybridized carbons (Fsp3) is 0.160. The summed E-state index contributed by atoms with van der Waals surface area (Å²) in [5.41, 5.74) is 5.97. The number of benzene rings is 3. The third-order valence-electron chi connectivity index (χ3n) is 5.84. The van der Waals surface area contributed by atoms with Crippen molar-refractivity contribution in [1.82, 2.24) is 0 Å². The van der Waals surface area contributed by atoms with Gasteiger partial charge in [-0.2, -0.15) is 0 Å². The fourth-order valence-electron chi connectivity index (χ4n) is 4.03. The lowest BCUT2D eigenvalue weighted by Gasteiger charge is -2.21. The first-order valence-electron chi connectivity index (χ1n) is 10.1. The molecular formula is C25H23N3O2. The van der Waals surface area contributed by atoms with Gasteiger partial charge in [-0.3, -0.25) is 4.90 Å². The molecule has 0 atom stereocenters. The number of fused-ring (bicyclic) bond motifs is 1. The Hall–Kier alpha value is -3.73. The van der Waals surface area contributed by atoms with E-state index in [0.717, 1.165) is 47.0 Å². The number of nitrogens with zero attached hydrogens (tertiary/aromatic N) is 2. The predicted octanol–water partition coefficient (Wildman–Crippen LogP) is 6.06. The number of carboxylic acids is 1. The zero-order valence-electron chi connectivity index (χ0n) is 16.8. The highest BCUT2D eigenvalue weighted by Gasteiger charge is 2.29. The summed E-state index contributed by atoms with van der Waals surface area (Å²) in [5.74, 6) is 0.469. The quantitative estimate of drug-likeness (QED) is 0.548. The monoisotopic (exact) mass is 397 g/mol. The van der Waals surface area contributed by atoms with Crippen LogP contribution >= 0.6 is 0 Å². The number of hydrogen-bond donors (Lipinski definition) is 2. The zero-order chi connectivity index (χ0) is 20.8. The lowest BCUT2D eigenvalue weighted by molar-refractivity contribution is 0.0698. The van der Waals surface area contributed by atoms with Crippen molar-refractivity contribution < 1.29 is 9.90 Å². The fourth-order valence-corrected chi connectivity index (χ4v) is 4.03. The molecule has 0 radical (unpaired) electrons. The van der Waals surface area contributed by atoms with E-state index in [4.69, 9.17) is 0 Å². The van der Waals surface area contributed by atoms with Crippen LogP contribution in [-0.2, 0) is 0 Å². The van der Waals surface area contributed by atoms with E-state index < -0.39 is 5.97 Å². The molecule has 0 amide bonds. The molecule has 1 saturated carbocycles. The van der Waals surface area contributed by atoms with E-state index >= 15 is 0 Å². The van der Waals surface area contributed by atoms with E-state index in [1.165, 1.54) is 0 Å². The third kappa shape index (κ3) is 3.08. The molecule has 2 aliphatic rings. The highest BCUT2D eigenvalue weighted by molar-refractivity contribution is 5.96. The molecule has 1 heterocycles. The summed E-state index contributed by atoms with van der Waals surface area (Å²) in [6, 6.07) is 21.9. The van der Waals surface area contributed by atoms with Crippen molar-refractivity contribution in [3.8, 4) is 0 Å². The minimum Gasteiger partial charge on any atom is -0.478 e. The lowest BCUT2D eigenvalue weighted by Crippen LogP contribution is -2.20. The topological polar surface area (TPSA) is 55.8 Å². The Bertz CT molecular complexity index is 1150. The highest BCUT2D eigenvalue weighted by atomic mass is 16.4. The number of aromatic carboxylic acids is 1. The first-order valence-corrected chi connectivity index (χ1v) is 10.1. The van der Waals surface area contributed by atoms with Gasteiger partial charge < -0.3 is 15.3 Å². The van der Waals surface area contributed by atoms with Gasteiger partial charge in [0.1, 0.15) is 5.82 Å². The van der Waals surface area contributed by atoms with Crippen LogP contribution in [0.2, 0.25) is 0 Å². The summed E-state index contributed by atoms with van der Waals surface area (Å²) in [6.07, 6.45) is 2.29. The maximum absolute atomic E-state index is 11.8. The number of carbonyl (C=O) groups is 1. The molecule has 0 bridgehead atoms. The molecule has 3 aromatic rings. The standard InChI is InChI=1S/C25H23N3O2/c1-16-27(2)24-15-19(11-13-23(24)28(16)20-6-4-3-5-7-20)26-22-12-10-18(17-8-9-17)14-21(22)25(29)30/h3-7,10-15,17,26H,1,8-9H2,2H3,(H,29,30). The highest BCUT2D eigenvalue weighted by Crippen LogP contribution is 2.46. The van der Waals surface area contributed by atoms with Crippen LogP contribution in [0.4, 0.5) is 28.4 Å². The molecule has 0 spiro atoms. The summed E-state index contributed by atoms with van der Waals surface area (Å²) in [6.45, 7) is 4.24. The SMILES string of the molecule is C=C1N(C)c2cc(Nc3ccc(C4CC4)cc3C(=O)O)ccc2N1c1ccccc1. The molecule has 5 rings (SSSR count). The van der Waals surface area contributed by atoms with E-state index in [0.29, 0.717) is 17.2 Å². The molecule has 3 aromatic carbocycles. The zero-order valence-corrected chi connectivity index (χ0v) is 16.8. The Morgan fingerprint density at radius 1 is 1.03 bits per heavy atom. The van der Waals surface area contributed by atoms with Crippen molar-refractivity contribution in [2.45, 2.75) is 18.8 Å². The molecule has 1 aliphatic carbocycles. The van der Waals surface area contributed by atoms with Gasteiger partial charge in [-0.1, -0.05) is 30.8 Å². The molecule has 0 unspecified atom stereocenters. The third-order valence-corrected chi connectivity index (χ3v) is 5.84. The van der Waals surface area contributed by atoms with Crippen LogP contribution in [0.15, 0.2) is 79.1 Å². The Morgan fingerprint density at radius 3 is 2.50 bits per heavy atom. The van der Waals surface area contributed by atoms with Gasteiger partial charge in [-0.05, 0) is 66.8 Å². The summed E-state index contributed by atoms with van der Waals surface area (Å²) in [7, 11) is 1.99. The Labute approximate surface area is 175 Å². The van der Waals surface area contributed by atoms with Gasteiger partial charge in [0.15, 0.2) is 0 Å². The molecule has 150 valence electrons. The second-order valence-corrected chi connectivity index (χ2v) is 7.86. The number of nitrogens with one attached hydrogen (secondary N) is 1. The molecule has 5 heteroatoms. The predicted molar refractivity (Wildman–Crippen MR) is 121 cm³/mol.